The number of nitrogens with two attached hydrogens (primary N) is 1. The third-order valence-corrected chi connectivity index (χ3v) is 3.73. The molecule has 1 aromatic heterocycles. The number of hydrogen-bond donors (Lipinski definition) is 2. The fourth-order valence-corrected chi connectivity index (χ4v) is 2.41. The lowest BCUT2D eigenvalue weighted by atomic mass is 9.68. The molecule has 3 atom stereocenters. The van der Waals surface area contributed by atoms with E-state index < -0.39 is 11.5 Å². The highest BCUT2D eigenvalue weighted by atomic mass is 16.3. The summed E-state index contributed by atoms with van der Waals surface area (Å²) in [5.41, 5.74) is 6.25. The van der Waals surface area contributed by atoms with Gasteiger partial charge in [-0.1, -0.05) is 6.92 Å². The molecule has 1 aliphatic rings. The van der Waals surface area contributed by atoms with E-state index in [4.69, 9.17) is 5.73 Å². The van der Waals surface area contributed by atoms with Gasteiger partial charge >= 0.3 is 0 Å². The molecule has 0 saturated heterocycles. The van der Waals surface area contributed by atoms with Crippen LogP contribution in [0.5, 0.6) is 0 Å². The van der Waals surface area contributed by atoms with Gasteiger partial charge < -0.3 is 10.8 Å². The molecule has 2 rings (SSSR count). The highest BCUT2D eigenvalue weighted by Crippen LogP contribution is 2.40. The Bertz CT molecular complexity index is 437. The number of hydrogen-bond acceptors (Lipinski definition) is 4. The van der Waals surface area contributed by atoms with Gasteiger partial charge in [-0.2, -0.15) is 5.26 Å². The summed E-state index contributed by atoms with van der Waals surface area (Å²) in [4.78, 5) is 4.25. The van der Waals surface area contributed by atoms with Gasteiger partial charge in [0.1, 0.15) is 5.41 Å². The van der Waals surface area contributed by atoms with Crippen molar-refractivity contribution in [1.29, 1.82) is 5.26 Å². The zero-order valence-corrected chi connectivity index (χ0v) is 9.93. The molecule has 3 unspecified atom stereocenters. The van der Waals surface area contributed by atoms with E-state index in [0.29, 0.717) is 12.1 Å². The first-order chi connectivity index (χ1) is 8.07. The van der Waals surface area contributed by atoms with Crippen molar-refractivity contribution in [3.63, 3.8) is 0 Å². The number of pyridine rings is 1. The molecule has 3 N–H and O–H groups in total. The fourth-order valence-electron chi connectivity index (χ4n) is 2.41. The van der Waals surface area contributed by atoms with Crippen LogP contribution in [-0.4, -0.2) is 16.2 Å². The molecule has 1 aromatic rings. The molecular weight excluding hydrogens is 214 g/mol. The normalized spacial score (nSPS) is 33.0. The number of aromatic nitrogens is 1. The second kappa shape index (κ2) is 4.34. The van der Waals surface area contributed by atoms with E-state index in [9.17, 15) is 10.4 Å². The van der Waals surface area contributed by atoms with Crippen LogP contribution in [0.25, 0.3) is 0 Å². The van der Waals surface area contributed by atoms with Gasteiger partial charge in [-0.15, -0.1) is 0 Å². The van der Waals surface area contributed by atoms with E-state index in [-0.39, 0.29) is 5.92 Å². The lowest BCUT2D eigenvalue weighted by Crippen LogP contribution is -2.38. The second-order valence-electron chi connectivity index (χ2n) is 4.96. The Morgan fingerprint density at radius 1 is 1.59 bits per heavy atom. The Labute approximate surface area is 101 Å². The maximum atomic E-state index is 9.96. The zero-order chi connectivity index (χ0) is 12.5. The summed E-state index contributed by atoms with van der Waals surface area (Å²) in [6, 6.07) is 5.89. The molecule has 0 radical (unpaired) electrons. The molecule has 0 spiro atoms. The average molecular weight is 231 g/mol. The molecule has 0 aromatic carbocycles. The summed E-state index contributed by atoms with van der Waals surface area (Å²) in [5.74, 6) is 0.255. The predicted molar refractivity (Wildman–Crippen MR) is 65.0 cm³/mol. The SMILES string of the molecule is CC1CCC(C#N)(c2ccc(N)cn2)CC1O. The van der Waals surface area contributed by atoms with Gasteiger partial charge in [0.15, 0.2) is 0 Å². The largest absolute Gasteiger partial charge is 0.397 e. The van der Waals surface area contributed by atoms with E-state index in [1.165, 1.54) is 0 Å². The molecule has 4 nitrogen and oxygen atoms in total. The molecular formula is C13H17N3O. The van der Waals surface area contributed by atoms with Crippen LogP contribution in [0, 0.1) is 17.2 Å². The van der Waals surface area contributed by atoms with Gasteiger partial charge in [-0.05, 0) is 37.3 Å². The third-order valence-electron chi connectivity index (χ3n) is 3.73. The lowest BCUT2D eigenvalue weighted by Gasteiger charge is -2.36. The summed E-state index contributed by atoms with van der Waals surface area (Å²) in [7, 11) is 0. The summed E-state index contributed by atoms with van der Waals surface area (Å²) >= 11 is 0. The lowest BCUT2D eigenvalue weighted by molar-refractivity contribution is 0.0532. The Hall–Kier alpha value is -1.60. The molecule has 1 heterocycles. The summed E-state index contributed by atoms with van der Waals surface area (Å²) in [5, 5.41) is 19.4. The first-order valence-corrected chi connectivity index (χ1v) is 5.89. The van der Waals surface area contributed by atoms with Crippen LogP contribution in [0.2, 0.25) is 0 Å². The van der Waals surface area contributed by atoms with Crippen LogP contribution in [0.3, 0.4) is 0 Å². The Kier molecular flexibility index (Phi) is 3.03. The molecule has 0 bridgehead atoms. The second-order valence-corrected chi connectivity index (χ2v) is 4.96. The molecule has 1 fully saturated rings. The minimum atomic E-state index is -0.653. The van der Waals surface area contributed by atoms with Crippen molar-refractivity contribution in [3.8, 4) is 6.07 Å². The number of aliphatic hydroxyl groups excluding tert-OH is 1. The van der Waals surface area contributed by atoms with Gasteiger partial charge in [0.2, 0.25) is 0 Å². The van der Waals surface area contributed by atoms with Crippen molar-refractivity contribution in [3.05, 3.63) is 24.0 Å². The average Bonchev–Trinajstić information content (AvgIpc) is 2.34. The molecule has 1 aliphatic carbocycles. The number of nitrogen functional groups attached to an aromatic ring is 1. The number of rotatable bonds is 1. The van der Waals surface area contributed by atoms with Crippen molar-refractivity contribution >= 4 is 5.69 Å². The van der Waals surface area contributed by atoms with E-state index in [1.54, 1.807) is 18.3 Å². The zero-order valence-electron chi connectivity index (χ0n) is 9.93. The van der Waals surface area contributed by atoms with Gasteiger partial charge in [0.05, 0.1) is 29.8 Å². The number of anilines is 1. The van der Waals surface area contributed by atoms with E-state index >= 15 is 0 Å². The minimum absolute atomic E-state index is 0.255. The maximum Gasteiger partial charge on any atom is 0.102 e. The summed E-state index contributed by atoms with van der Waals surface area (Å²) < 4.78 is 0. The van der Waals surface area contributed by atoms with Crippen molar-refractivity contribution in [2.75, 3.05) is 5.73 Å². The quantitative estimate of drug-likeness (QED) is 0.769. The monoisotopic (exact) mass is 231 g/mol. The van der Waals surface area contributed by atoms with Crippen molar-refractivity contribution in [1.82, 2.24) is 4.98 Å². The molecule has 0 aliphatic heterocycles. The van der Waals surface area contributed by atoms with Crippen LogP contribution in [0.15, 0.2) is 18.3 Å². The van der Waals surface area contributed by atoms with Crippen LogP contribution >= 0.6 is 0 Å². The first kappa shape index (κ1) is 11.9. The Morgan fingerprint density at radius 2 is 2.35 bits per heavy atom. The standard InChI is InChI=1S/C13H17N3O/c1-9-4-5-13(8-14,6-11(9)17)12-3-2-10(15)7-16-12/h2-3,7,9,11,17H,4-6,15H2,1H3. The van der Waals surface area contributed by atoms with Crippen LogP contribution in [0.4, 0.5) is 5.69 Å². The van der Waals surface area contributed by atoms with E-state index in [0.717, 1.165) is 18.5 Å². The number of aliphatic hydroxyl groups is 1. The van der Waals surface area contributed by atoms with Gasteiger partial charge in [-0.25, -0.2) is 0 Å². The third kappa shape index (κ3) is 2.11. The summed E-state index contributed by atoms with van der Waals surface area (Å²) in [6.45, 7) is 2.02. The molecule has 90 valence electrons. The van der Waals surface area contributed by atoms with Gasteiger partial charge in [0.25, 0.3) is 0 Å². The van der Waals surface area contributed by atoms with Gasteiger partial charge in [-0.3, -0.25) is 4.98 Å². The van der Waals surface area contributed by atoms with E-state index in [2.05, 4.69) is 11.1 Å². The topological polar surface area (TPSA) is 82.9 Å². The number of nitrogens with zero attached hydrogens (tertiary/aromatic N) is 2. The minimum Gasteiger partial charge on any atom is -0.397 e. The first-order valence-electron chi connectivity index (χ1n) is 5.89. The smallest absolute Gasteiger partial charge is 0.102 e. The highest BCUT2D eigenvalue weighted by Gasteiger charge is 2.41. The molecule has 0 amide bonds. The molecule has 1 saturated carbocycles. The fraction of sp³-hybridized carbons (Fsp3) is 0.538. The van der Waals surface area contributed by atoms with E-state index in [1.807, 2.05) is 6.92 Å². The van der Waals surface area contributed by atoms with Crippen LogP contribution in [-0.2, 0) is 5.41 Å². The molecule has 17 heavy (non-hydrogen) atoms. The molecule has 4 heteroatoms. The Balaban J connectivity index is 2.33. The predicted octanol–water partition coefficient (Wildman–Crippen LogP) is 1.61. The summed E-state index contributed by atoms with van der Waals surface area (Å²) in [6.07, 6.45) is 3.20. The highest BCUT2D eigenvalue weighted by molar-refractivity contribution is 5.38. The van der Waals surface area contributed by atoms with Crippen molar-refractivity contribution < 1.29 is 5.11 Å². The van der Waals surface area contributed by atoms with Crippen molar-refractivity contribution in [2.24, 2.45) is 5.92 Å². The Morgan fingerprint density at radius 3 is 2.88 bits per heavy atom. The van der Waals surface area contributed by atoms with Gasteiger partial charge in [0, 0.05) is 0 Å². The number of nitriles is 1. The van der Waals surface area contributed by atoms with Crippen LogP contribution in [0.1, 0.15) is 31.9 Å². The maximum absolute atomic E-state index is 9.96. The van der Waals surface area contributed by atoms with Crippen molar-refractivity contribution in [2.45, 2.75) is 37.7 Å². The van der Waals surface area contributed by atoms with Crippen LogP contribution < -0.4 is 5.73 Å².